The van der Waals surface area contributed by atoms with Crippen LogP contribution in [0.3, 0.4) is 0 Å². The van der Waals surface area contributed by atoms with E-state index < -0.39 is 14.6 Å². The zero-order chi connectivity index (χ0) is 14.0. The van der Waals surface area contributed by atoms with Crippen molar-refractivity contribution in [3.8, 4) is 0 Å². The number of piperazine rings is 1. The maximum absolute atomic E-state index is 11.8. The van der Waals surface area contributed by atoms with Gasteiger partial charge in [-0.2, -0.15) is 0 Å². The smallest absolute Gasteiger partial charge is 0.153 e. The van der Waals surface area contributed by atoms with E-state index in [1.54, 1.807) is 0 Å². The maximum Gasteiger partial charge on any atom is 0.153 e. The second kappa shape index (κ2) is 5.88. The molecule has 0 aromatic rings. The maximum atomic E-state index is 11.8. The minimum absolute atomic E-state index is 0.402. The Hall–Kier alpha value is -0.130. The fourth-order valence-electron chi connectivity index (χ4n) is 2.36. The van der Waals surface area contributed by atoms with Gasteiger partial charge in [0, 0.05) is 38.0 Å². The van der Waals surface area contributed by atoms with Gasteiger partial charge in [0.2, 0.25) is 0 Å². The van der Waals surface area contributed by atoms with Crippen molar-refractivity contribution in [2.24, 2.45) is 0 Å². The standard InChI is InChI=1S/C13H28N2O2S/c1-6-7-12-9-15(11(2)8-14-12)10-13(3,4)18(5,16)17/h11-12,14H,6-10H2,1-5H3. The quantitative estimate of drug-likeness (QED) is 0.821. The number of nitrogens with zero attached hydrogens (tertiary/aromatic N) is 1. The summed E-state index contributed by atoms with van der Waals surface area (Å²) in [6.45, 7) is 10.5. The fourth-order valence-corrected chi connectivity index (χ4v) is 2.76. The monoisotopic (exact) mass is 276 g/mol. The molecule has 0 saturated carbocycles. The number of hydrogen-bond donors (Lipinski definition) is 1. The Morgan fingerprint density at radius 3 is 2.50 bits per heavy atom. The van der Waals surface area contributed by atoms with Gasteiger partial charge in [0.05, 0.1) is 4.75 Å². The molecule has 0 bridgehead atoms. The lowest BCUT2D eigenvalue weighted by Crippen LogP contribution is -2.59. The topological polar surface area (TPSA) is 49.4 Å². The van der Waals surface area contributed by atoms with Crippen LogP contribution in [0.1, 0.15) is 40.5 Å². The molecule has 1 rings (SSSR count). The zero-order valence-corrected chi connectivity index (χ0v) is 13.2. The molecule has 2 unspecified atom stereocenters. The lowest BCUT2D eigenvalue weighted by atomic mass is 10.0. The average molecular weight is 276 g/mol. The van der Waals surface area contributed by atoms with E-state index in [2.05, 4.69) is 24.1 Å². The first-order chi connectivity index (χ1) is 8.17. The van der Waals surface area contributed by atoms with E-state index in [1.165, 1.54) is 6.26 Å². The second-order valence-electron chi connectivity index (χ2n) is 6.20. The molecule has 5 heteroatoms. The van der Waals surface area contributed by atoms with Gasteiger partial charge >= 0.3 is 0 Å². The molecule has 4 nitrogen and oxygen atoms in total. The van der Waals surface area contributed by atoms with Gasteiger partial charge in [0.1, 0.15) is 0 Å². The lowest BCUT2D eigenvalue weighted by Gasteiger charge is -2.42. The van der Waals surface area contributed by atoms with E-state index in [-0.39, 0.29) is 0 Å². The molecule has 1 aliphatic heterocycles. The Morgan fingerprint density at radius 2 is 2.00 bits per heavy atom. The van der Waals surface area contributed by atoms with Crippen LogP contribution in [0.2, 0.25) is 0 Å². The molecule has 0 radical (unpaired) electrons. The molecular formula is C13H28N2O2S. The Balaban J connectivity index is 2.69. The summed E-state index contributed by atoms with van der Waals surface area (Å²) >= 11 is 0. The molecule has 1 heterocycles. The first-order valence-electron chi connectivity index (χ1n) is 6.84. The van der Waals surface area contributed by atoms with Gasteiger partial charge in [-0.25, -0.2) is 8.42 Å². The van der Waals surface area contributed by atoms with Crippen LogP contribution in [0.5, 0.6) is 0 Å². The molecule has 0 aromatic heterocycles. The normalized spacial score (nSPS) is 27.4. The van der Waals surface area contributed by atoms with Crippen molar-refractivity contribution in [2.75, 3.05) is 25.9 Å². The first-order valence-corrected chi connectivity index (χ1v) is 8.73. The van der Waals surface area contributed by atoms with Gasteiger partial charge in [-0.3, -0.25) is 4.90 Å². The van der Waals surface area contributed by atoms with Gasteiger partial charge < -0.3 is 5.32 Å². The highest BCUT2D eigenvalue weighted by atomic mass is 32.2. The summed E-state index contributed by atoms with van der Waals surface area (Å²) in [6.07, 6.45) is 3.65. The van der Waals surface area contributed by atoms with Crippen molar-refractivity contribution in [2.45, 2.75) is 57.4 Å². The van der Waals surface area contributed by atoms with Crippen LogP contribution < -0.4 is 5.32 Å². The zero-order valence-electron chi connectivity index (χ0n) is 12.4. The highest BCUT2D eigenvalue weighted by molar-refractivity contribution is 7.92. The van der Waals surface area contributed by atoms with Crippen molar-refractivity contribution in [3.05, 3.63) is 0 Å². The van der Waals surface area contributed by atoms with Crippen molar-refractivity contribution >= 4 is 9.84 Å². The third kappa shape index (κ3) is 3.93. The Kier molecular flexibility index (Phi) is 5.21. The third-order valence-corrected chi connectivity index (χ3v) is 6.14. The highest BCUT2D eigenvalue weighted by Crippen LogP contribution is 2.20. The van der Waals surface area contributed by atoms with E-state index in [4.69, 9.17) is 0 Å². The van der Waals surface area contributed by atoms with Crippen molar-refractivity contribution < 1.29 is 8.42 Å². The van der Waals surface area contributed by atoms with Gasteiger partial charge in [0.15, 0.2) is 9.84 Å². The van der Waals surface area contributed by atoms with E-state index in [1.807, 2.05) is 13.8 Å². The van der Waals surface area contributed by atoms with Crippen LogP contribution in [0.4, 0.5) is 0 Å². The first kappa shape index (κ1) is 15.9. The molecule has 1 N–H and O–H groups in total. The Labute approximate surface area is 112 Å². The molecule has 1 aliphatic rings. The number of sulfone groups is 1. The molecule has 108 valence electrons. The summed E-state index contributed by atoms with van der Waals surface area (Å²) in [5, 5.41) is 3.53. The van der Waals surface area contributed by atoms with E-state index >= 15 is 0 Å². The van der Waals surface area contributed by atoms with Gasteiger partial charge in [0.25, 0.3) is 0 Å². The van der Waals surface area contributed by atoms with E-state index in [0.717, 1.165) is 25.9 Å². The molecule has 0 amide bonds. The molecular weight excluding hydrogens is 248 g/mol. The minimum atomic E-state index is -3.02. The molecule has 0 spiro atoms. The molecule has 0 aliphatic carbocycles. The van der Waals surface area contributed by atoms with Crippen LogP contribution >= 0.6 is 0 Å². The predicted molar refractivity (Wildman–Crippen MR) is 76.7 cm³/mol. The summed E-state index contributed by atoms with van der Waals surface area (Å²) in [5.41, 5.74) is 0. The van der Waals surface area contributed by atoms with Crippen LogP contribution in [-0.4, -0.2) is 56.0 Å². The van der Waals surface area contributed by atoms with Gasteiger partial charge in [-0.05, 0) is 27.2 Å². The molecule has 2 atom stereocenters. The van der Waals surface area contributed by atoms with E-state index in [9.17, 15) is 8.42 Å². The summed E-state index contributed by atoms with van der Waals surface area (Å²) in [7, 11) is -3.02. The van der Waals surface area contributed by atoms with Crippen molar-refractivity contribution in [1.29, 1.82) is 0 Å². The van der Waals surface area contributed by atoms with Crippen molar-refractivity contribution in [3.63, 3.8) is 0 Å². The summed E-state index contributed by atoms with van der Waals surface area (Å²) < 4.78 is 22.9. The summed E-state index contributed by atoms with van der Waals surface area (Å²) in [6, 6.07) is 0.903. The summed E-state index contributed by atoms with van der Waals surface area (Å²) in [5.74, 6) is 0. The largest absolute Gasteiger partial charge is 0.311 e. The van der Waals surface area contributed by atoms with Crippen molar-refractivity contribution in [1.82, 2.24) is 10.2 Å². The average Bonchev–Trinajstić information content (AvgIpc) is 2.21. The molecule has 1 saturated heterocycles. The summed E-state index contributed by atoms with van der Waals surface area (Å²) in [4.78, 5) is 2.32. The molecule has 18 heavy (non-hydrogen) atoms. The molecule has 1 fully saturated rings. The van der Waals surface area contributed by atoms with Gasteiger partial charge in [-0.15, -0.1) is 0 Å². The predicted octanol–water partition coefficient (Wildman–Crippen LogP) is 1.27. The Morgan fingerprint density at radius 1 is 1.39 bits per heavy atom. The van der Waals surface area contributed by atoms with Crippen LogP contribution in [-0.2, 0) is 9.84 Å². The SMILES string of the molecule is CCCC1CN(CC(C)(C)S(C)(=O)=O)C(C)CN1. The van der Waals surface area contributed by atoms with E-state index in [0.29, 0.717) is 18.6 Å². The highest BCUT2D eigenvalue weighted by Gasteiger charge is 2.35. The number of nitrogens with one attached hydrogen (secondary N) is 1. The second-order valence-corrected chi connectivity index (χ2v) is 8.85. The van der Waals surface area contributed by atoms with Crippen LogP contribution in [0.15, 0.2) is 0 Å². The molecule has 0 aromatic carbocycles. The third-order valence-electron chi connectivity index (χ3n) is 4.00. The fraction of sp³-hybridized carbons (Fsp3) is 1.00. The number of hydrogen-bond acceptors (Lipinski definition) is 4. The van der Waals surface area contributed by atoms with Crippen LogP contribution in [0.25, 0.3) is 0 Å². The van der Waals surface area contributed by atoms with Gasteiger partial charge in [-0.1, -0.05) is 13.3 Å². The number of rotatable bonds is 5. The van der Waals surface area contributed by atoms with Crippen LogP contribution in [0, 0.1) is 0 Å². The Bertz CT molecular complexity index is 365. The lowest BCUT2D eigenvalue weighted by molar-refractivity contribution is 0.127. The minimum Gasteiger partial charge on any atom is -0.311 e.